The van der Waals surface area contributed by atoms with Crippen LogP contribution in [0.1, 0.15) is 26.2 Å². The molecule has 1 fully saturated rings. The molecule has 1 aliphatic rings. The average molecular weight is 137 g/mol. The van der Waals surface area contributed by atoms with Gasteiger partial charge in [-0.1, -0.05) is 6.92 Å². The first-order valence-corrected chi connectivity index (χ1v) is 3.65. The van der Waals surface area contributed by atoms with E-state index < -0.39 is 0 Å². The summed E-state index contributed by atoms with van der Waals surface area (Å²) in [6.07, 6.45) is 2.16. The third kappa shape index (κ3) is 1.18. The molecular weight excluding hydrogens is 126 g/mol. The van der Waals surface area contributed by atoms with Gasteiger partial charge in [0, 0.05) is 18.8 Å². The second-order valence-electron chi connectivity index (χ2n) is 2.92. The van der Waals surface area contributed by atoms with Crippen molar-refractivity contribution in [3.05, 3.63) is 0 Å². The number of hydrogen-bond donors (Lipinski definition) is 0. The topological polar surface area (TPSA) is 40.9 Å². The molecule has 2 atom stereocenters. The second-order valence-corrected chi connectivity index (χ2v) is 2.92. The van der Waals surface area contributed by atoms with Crippen molar-refractivity contribution < 1.29 is 4.79 Å². The van der Waals surface area contributed by atoms with E-state index in [-0.39, 0.29) is 5.92 Å². The van der Waals surface area contributed by atoms with Crippen molar-refractivity contribution in [2.75, 3.05) is 0 Å². The van der Waals surface area contributed by atoms with E-state index >= 15 is 0 Å². The lowest BCUT2D eigenvalue weighted by molar-refractivity contribution is -0.120. The lowest BCUT2D eigenvalue weighted by Gasteiger charge is -2.07. The molecule has 0 aromatic heterocycles. The molecule has 1 saturated carbocycles. The second kappa shape index (κ2) is 2.83. The molecule has 1 aliphatic carbocycles. The van der Waals surface area contributed by atoms with Crippen LogP contribution in [0.2, 0.25) is 0 Å². The van der Waals surface area contributed by atoms with Crippen LogP contribution in [0, 0.1) is 23.2 Å². The van der Waals surface area contributed by atoms with Gasteiger partial charge in [-0.05, 0) is 12.3 Å². The zero-order chi connectivity index (χ0) is 7.56. The lowest BCUT2D eigenvalue weighted by Crippen LogP contribution is -2.09. The number of nitrogens with zero attached hydrogens (tertiary/aromatic N) is 1. The maximum Gasteiger partial charge on any atom is 0.136 e. The first kappa shape index (κ1) is 7.27. The zero-order valence-corrected chi connectivity index (χ0v) is 6.13. The highest BCUT2D eigenvalue weighted by molar-refractivity contribution is 5.83. The van der Waals surface area contributed by atoms with Crippen LogP contribution >= 0.6 is 0 Å². The van der Waals surface area contributed by atoms with E-state index in [1.807, 2.05) is 6.92 Å². The molecular formula is C8H11NO. The van der Waals surface area contributed by atoms with Crippen molar-refractivity contribution in [3.63, 3.8) is 0 Å². The van der Waals surface area contributed by atoms with Gasteiger partial charge < -0.3 is 0 Å². The van der Waals surface area contributed by atoms with E-state index in [4.69, 9.17) is 5.26 Å². The summed E-state index contributed by atoms with van der Waals surface area (Å²) in [5.74, 6) is 0.817. The third-order valence-corrected chi connectivity index (χ3v) is 2.33. The molecule has 54 valence electrons. The van der Waals surface area contributed by atoms with Crippen molar-refractivity contribution in [2.24, 2.45) is 11.8 Å². The molecule has 0 aliphatic heterocycles. The Kier molecular flexibility index (Phi) is 2.06. The summed E-state index contributed by atoms with van der Waals surface area (Å²) in [6, 6.07) is 2.11. The van der Waals surface area contributed by atoms with Gasteiger partial charge in [-0.2, -0.15) is 5.26 Å². The summed E-state index contributed by atoms with van der Waals surface area (Å²) in [6.45, 7) is 1.93. The summed E-state index contributed by atoms with van der Waals surface area (Å²) >= 11 is 0. The minimum Gasteiger partial charge on any atom is -0.299 e. The normalized spacial score (nSPS) is 32.2. The largest absolute Gasteiger partial charge is 0.299 e. The minimum absolute atomic E-state index is 0.139. The fraction of sp³-hybridized carbons (Fsp3) is 0.750. The Bertz CT molecular complexity index is 180. The van der Waals surface area contributed by atoms with Gasteiger partial charge in [0.1, 0.15) is 5.78 Å². The van der Waals surface area contributed by atoms with Crippen LogP contribution in [0.5, 0.6) is 0 Å². The van der Waals surface area contributed by atoms with Gasteiger partial charge in [-0.25, -0.2) is 0 Å². The number of nitriles is 1. The highest BCUT2D eigenvalue weighted by Crippen LogP contribution is 2.30. The van der Waals surface area contributed by atoms with E-state index in [0.717, 1.165) is 6.42 Å². The Balaban J connectivity index is 2.50. The quantitative estimate of drug-likeness (QED) is 0.549. The zero-order valence-electron chi connectivity index (χ0n) is 6.13. The van der Waals surface area contributed by atoms with Crippen LogP contribution in [-0.4, -0.2) is 5.78 Å². The Labute approximate surface area is 60.8 Å². The molecule has 0 N–H and O–H groups in total. The van der Waals surface area contributed by atoms with Crippen molar-refractivity contribution in [2.45, 2.75) is 26.2 Å². The van der Waals surface area contributed by atoms with Crippen LogP contribution in [0.4, 0.5) is 0 Å². The fourth-order valence-electron chi connectivity index (χ4n) is 1.46. The highest BCUT2D eigenvalue weighted by atomic mass is 16.1. The summed E-state index contributed by atoms with van der Waals surface area (Å²) < 4.78 is 0. The van der Waals surface area contributed by atoms with E-state index in [1.165, 1.54) is 0 Å². The van der Waals surface area contributed by atoms with E-state index in [2.05, 4.69) is 6.07 Å². The van der Waals surface area contributed by atoms with Gasteiger partial charge in [-0.3, -0.25) is 4.79 Å². The molecule has 10 heavy (non-hydrogen) atoms. The SMILES string of the molecule is C[C@@H]1C(=O)CC[C@@H]1CC#N. The molecule has 0 radical (unpaired) electrons. The van der Waals surface area contributed by atoms with E-state index in [9.17, 15) is 4.79 Å². The number of ketones is 1. The monoisotopic (exact) mass is 137 g/mol. The molecule has 0 heterocycles. The minimum atomic E-state index is 0.139. The first-order chi connectivity index (χ1) is 4.75. The van der Waals surface area contributed by atoms with Gasteiger partial charge in [0.2, 0.25) is 0 Å². The standard InChI is InChI=1S/C8H11NO/c1-6-7(4-5-9)2-3-8(6)10/h6-7H,2-4H2,1H3/t6-,7+/m0/s1. The molecule has 2 heteroatoms. The molecule has 0 saturated heterocycles. The van der Waals surface area contributed by atoms with Crippen LogP contribution in [0.3, 0.4) is 0 Å². The van der Waals surface area contributed by atoms with Crippen molar-refractivity contribution in [1.82, 2.24) is 0 Å². The van der Waals surface area contributed by atoms with Crippen LogP contribution < -0.4 is 0 Å². The van der Waals surface area contributed by atoms with Gasteiger partial charge in [0.05, 0.1) is 6.07 Å². The molecule has 0 spiro atoms. The lowest BCUT2D eigenvalue weighted by atomic mass is 9.95. The fourth-order valence-corrected chi connectivity index (χ4v) is 1.46. The van der Waals surface area contributed by atoms with Crippen molar-refractivity contribution in [1.29, 1.82) is 5.26 Å². The van der Waals surface area contributed by atoms with E-state index in [0.29, 0.717) is 24.5 Å². The summed E-state index contributed by atoms with van der Waals surface area (Å²) in [4.78, 5) is 10.9. The summed E-state index contributed by atoms with van der Waals surface area (Å²) in [5, 5.41) is 8.37. The Hall–Kier alpha value is -0.840. The van der Waals surface area contributed by atoms with Crippen LogP contribution in [-0.2, 0) is 4.79 Å². The molecule has 2 nitrogen and oxygen atoms in total. The smallest absolute Gasteiger partial charge is 0.136 e. The Morgan fingerprint density at radius 3 is 2.90 bits per heavy atom. The highest BCUT2D eigenvalue weighted by Gasteiger charge is 2.30. The van der Waals surface area contributed by atoms with Gasteiger partial charge in [-0.15, -0.1) is 0 Å². The van der Waals surface area contributed by atoms with Crippen molar-refractivity contribution in [3.8, 4) is 6.07 Å². The maximum atomic E-state index is 10.9. The van der Waals surface area contributed by atoms with Gasteiger partial charge in [0.25, 0.3) is 0 Å². The third-order valence-electron chi connectivity index (χ3n) is 2.33. The summed E-state index contributed by atoms with van der Waals surface area (Å²) in [7, 11) is 0. The number of carbonyl (C=O) groups is 1. The molecule has 0 bridgehead atoms. The Morgan fingerprint density at radius 1 is 1.80 bits per heavy atom. The molecule has 0 aromatic carbocycles. The maximum absolute atomic E-state index is 10.9. The van der Waals surface area contributed by atoms with Gasteiger partial charge >= 0.3 is 0 Å². The number of hydrogen-bond acceptors (Lipinski definition) is 2. The molecule has 0 aromatic rings. The predicted octanol–water partition coefficient (Wildman–Crippen LogP) is 1.52. The number of carbonyl (C=O) groups excluding carboxylic acids is 1. The summed E-state index contributed by atoms with van der Waals surface area (Å²) in [5.41, 5.74) is 0. The molecule has 0 unspecified atom stereocenters. The number of Topliss-reactive ketones (excluding diaryl/α,β-unsaturated/α-hetero) is 1. The average Bonchev–Trinajstić information content (AvgIpc) is 2.20. The first-order valence-electron chi connectivity index (χ1n) is 3.65. The number of rotatable bonds is 1. The van der Waals surface area contributed by atoms with Crippen LogP contribution in [0.15, 0.2) is 0 Å². The molecule has 0 amide bonds. The molecule has 1 rings (SSSR count). The van der Waals surface area contributed by atoms with Gasteiger partial charge in [0.15, 0.2) is 0 Å². The van der Waals surface area contributed by atoms with Crippen molar-refractivity contribution >= 4 is 5.78 Å². The van der Waals surface area contributed by atoms with E-state index in [1.54, 1.807) is 0 Å². The predicted molar refractivity (Wildman–Crippen MR) is 37.1 cm³/mol. The Morgan fingerprint density at radius 2 is 2.50 bits per heavy atom. The van der Waals surface area contributed by atoms with Crippen LogP contribution in [0.25, 0.3) is 0 Å².